The molecule has 0 saturated heterocycles. The lowest BCUT2D eigenvalue weighted by Gasteiger charge is -2.06. The Balaban J connectivity index is 3.38. The molecule has 1 aromatic heterocycles. The number of nitrogens with zero attached hydrogens (tertiary/aromatic N) is 2. The van der Waals surface area contributed by atoms with Crippen LogP contribution in [0.5, 0.6) is 0 Å². The van der Waals surface area contributed by atoms with E-state index in [-0.39, 0.29) is 9.13 Å². The van der Waals surface area contributed by atoms with E-state index in [2.05, 4.69) is 4.98 Å². The number of alkyl halides is 2. The van der Waals surface area contributed by atoms with E-state index >= 15 is 0 Å². The number of carbonyl (C=O) groups is 1. The maximum Gasteiger partial charge on any atom is 0.373 e. The zero-order valence-corrected chi connectivity index (χ0v) is 10.2. The standard InChI is InChI=1S/C8H5F2IN2O4/c9-7(10)5-6(11)3(1-4(14)15)2-12-8(5)13(16)17/h2,7H,1H2,(H,14,15). The highest BCUT2D eigenvalue weighted by Gasteiger charge is 2.28. The summed E-state index contributed by atoms with van der Waals surface area (Å²) in [4.78, 5) is 23.2. The van der Waals surface area contributed by atoms with Crippen LogP contribution >= 0.6 is 22.6 Å². The van der Waals surface area contributed by atoms with E-state index < -0.39 is 35.1 Å². The third-order valence-electron chi connectivity index (χ3n) is 1.83. The Morgan fingerprint density at radius 1 is 1.65 bits per heavy atom. The summed E-state index contributed by atoms with van der Waals surface area (Å²) in [5.41, 5.74) is -0.812. The van der Waals surface area contributed by atoms with Crippen molar-refractivity contribution < 1.29 is 23.6 Å². The molecule has 0 unspecified atom stereocenters. The van der Waals surface area contributed by atoms with Gasteiger partial charge in [-0.1, -0.05) is 0 Å². The van der Waals surface area contributed by atoms with Gasteiger partial charge >= 0.3 is 11.8 Å². The minimum atomic E-state index is -3.08. The van der Waals surface area contributed by atoms with Crippen LogP contribution in [0.3, 0.4) is 0 Å². The van der Waals surface area contributed by atoms with Crippen molar-refractivity contribution in [2.45, 2.75) is 12.8 Å². The predicted molar refractivity (Wildman–Crippen MR) is 59.9 cm³/mol. The highest BCUT2D eigenvalue weighted by molar-refractivity contribution is 14.1. The molecule has 0 fully saturated rings. The van der Waals surface area contributed by atoms with Crippen LogP contribution in [0.1, 0.15) is 17.6 Å². The molecular weight excluding hydrogens is 353 g/mol. The first kappa shape index (κ1) is 13.7. The fourth-order valence-electron chi connectivity index (χ4n) is 1.16. The molecule has 0 aliphatic heterocycles. The number of hydrogen-bond acceptors (Lipinski definition) is 4. The molecule has 1 N–H and O–H groups in total. The Hall–Kier alpha value is -1.39. The van der Waals surface area contributed by atoms with Crippen molar-refractivity contribution in [1.29, 1.82) is 0 Å². The first-order chi connectivity index (χ1) is 7.84. The molecule has 0 aliphatic rings. The molecular formula is C8H5F2IN2O4. The number of carboxylic acid groups (broad SMARTS) is 1. The number of pyridine rings is 1. The van der Waals surface area contributed by atoms with Crippen molar-refractivity contribution in [2.75, 3.05) is 0 Å². The summed E-state index contributed by atoms with van der Waals surface area (Å²) in [6.07, 6.45) is -2.66. The lowest BCUT2D eigenvalue weighted by molar-refractivity contribution is -0.391. The van der Waals surface area contributed by atoms with E-state index in [1.165, 1.54) is 22.6 Å². The molecule has 6 nitrogen and oxygen atoms in total. The topological polar surface area (TPSA) is 93.3 Å². The van der Waals surface area contributed by atoms with Gasteiger partial charge in [0.05, 0.1) is 6.42 Å². The van der Waals surface area contributed by atoms with Gasteiger partial charge < -0.3 is 15.2 Å². The normalized spacial score (nSPS) is 10.6. The molecule has 92 valence electrons. The zero-order valence-electron chi connectivity index (χ0n) is 8.06. The van der Waals surface area contributed by atoms with E-state index in [0.717, 1.165) is 6.20 Å². The molecule has 0 spiro atoms. The molecule has 0 amide bonds. The number of carboxylic acids is 1. The SMILES string of the molecule is O=C(O)Cc1cnc([N+](=O)[O-])c(C(F)F)c1I. The third-order valence-corrected chi connectivity index (χ3v) is 3.11. The van der Waals surface area contributed by atoms with Gasteiger partial charge in [0.15, 0.2) is 0 Å². The van der Waals surface area contributed by atoms with E-state index in [1.54, 1.807) is 0 Å². The van der Waals surface area contributed by atoms with Crippen molar-refractivity contribution in [3.05, 3.63) is 31.0 Å². The van der Waals surface area contributed by atoms with Crippen LogP contribution in [0, 0.1) is 13.7 Å². The molecule has 1 rings (SSSR count). The van der Waals surface area contributed by atoms with Gasteiger partial charge in [-0.05, 0) is 32.5 Å². The van der Waals surface area contributed by atoms with E-state index in [0.29, 0.717) is 0 Å². The van der Waals surface area contributed by atoms with Gasteiger partial charge in [0.25, 0.3) is 6.43 Å². The molecule has 1 heterocycles. The number of aliphatic carboxylic acids is 1. The summed E-state index contributed by atoms with van der Waals surface area (Å²) in [5, 5.41) is 19.0. The van der Waals surface area contributed by atoms with Gasteiger partial charge in [0.1, 0.15) is 11.8 Å². The summed E-state index contributed by atoms with van der Waals surface area (Å²) in [6.45, 7) is 0. The molecule has 0 bridgehead atoms. The van der Waals surface area contributed by atoms with Crippen molar-refractivity contribution in [2.24, 2.45) is 0 Å². The fraction of sp³-hybridized carbons (Fsp3) is 0.250. The Morgan fingerprint density at radius 3 is 2.65 bits per heavy atom. The van der Waals surface area contributed by atoms with E-state index in [4.69, 9.17) is 5.11 Å². The van der Waals surface area contributed by atoms with Crippen molar-refractivity contribution in [3.8, 4) is 0 Å². The zero-order chi connectivity index (χ0) is 13.2. The molecule has 0 radical (unpaired) electrons. The Kier molecular flexibility index (Phi) is 4.26. The van der Waals surface area contributed by atoms with Gasteiger partial charge in [-0.3, -0.25) is 4.79 Å². The van der Waals surface area contributed by atoms with Gasteiger partial charge in [0, 0.05) is 9.13 Å². The van der Waals surface area contributed by atoms with Crippen molar-refractivity contribution in [1.82, 2.24) is 4.98 Å². The van der Waals surface area contributed by atoms with Gasteiger partial charge in [-0.25, -0.2) is 8.78 Å². The number of rotatable bonds is 4. The van der Waals surface area contributed by atoms with Crippen molar-refractivity contribution in [3.63, 3.8) is 0 Å². The molecule has 17 heavy (non-hydrogen) atoms. The predicted octanol–water partition coefficient (Wildman–Crippen LogP) is 2.16. The summed E-state index contributed by atoms with van der Waals surface area (Å²) >= 11 is 1.46. The fourth-order valence-corrected chi connectivity index (χ4v) is 1.97. The third kappa shape index (κ3) is 3.05. The minimum Gasteiger partial charge on any atom is -0.481 e. The van der Waals surface area contributed by atoms with Crippen LogP contribution in [0.2, 0.25) is 0 Å². The monoisotopic (exact) mass is 358 g/mol. The van der Waals surface area contributed by atoms with E-state index in [1.807, 2.05) is 0 Å². The number of hydrogen-bond donors (Lipinski definition) is 1. The second-order valence-electron chi connectivity index (χ2n) is 2.96. The van der Waals surface area contributed by atoms with Crippen LogP contribution < -0.4 is 0 Å². The highest BCUT2D eigenvalue weighted by atomic mass is 127. The summed E-state index contributed by atoms with van der Waals surface area (Å²) < 4.78 is 25.2. The smallest absolute Gasteiger partial charge is 0.373 e. The number of nitro groups is 1. The highest BCUT2D eigenvalue weighted by Crippen LogP contribution is 2.33. The Morgan fingerprint density at radius 2 is 2.24 bits per heavy atom. The first-order valence-corrected chi connectivity index (χ1v) is 5.24. The van der Waals surface area contributed by atoms with Gasteiger partial charge in [0.2, 0.25) is 0 Å². The number of halogens is 3. The van der Waals surface area contributed by atoms with Crippen molar-refractivity contribution >= 4 is 34.4 Å². The summed E-state index contributed by atoms with van der Waals surface area (Å²) in [5.74, 6) is -2.17. The Bertz CT molecular complexity index is 481. The largest absolute Gasteiger partial charge is 0.481 e. The van der Waals surface area contributed by atoms with Crippen LogP contribution in [-0.4, -0.2) is 21.0 Å². The molecule has 9 heteroatoms. The first-order valence-electron chi connectivity index (χ1n) is 4.16. The maximum absolute atomic E-state index is 12.7. The lowest BCUT2D eigenvalue weighted by atomic mass is 10.1. The molecule has 0 aliphatic carbocycles. The summed E-state index contributed by atoms with van der Waals surface area (Å²) in [7, 11) is 0. The maximum atomic E-state index is 12.7. The number of aromatic nitrogens is 1. The molecule has 0 aromatic carbocycles. The Labute approximate surface area is 107 Å². The van der Waals surface area contributed by atoms with Gasteiger partial charge in [-0.2, -0.15) is 0 Å². The average molecular weight is 358 g/mol. The molecule has 1 aromatic rings. The van der Waals surface area contributed by atoms with Crippen LogP contribution in [0.15, 0.2) is 6.20 Å². The van der Waals surface area contributed by atoms with Crippen LogP contribution in [0.25, 0.3) is 0 Å². The summed E-state index contributed by atoms with van der Waals surface area (Å²) in [6, 6.07) is 0. The molecule has 0 saturated carbocycles. The molecule has 0 atom stereocenters. The van der Waals surface area contributed by atoms with Gasteiger partial charge in [-0.15, -0.1) is 0 Å². The minimum absolute atomic E-state index is 0.0269. The second-order valence-corrected chi connectivity index (χ2v) is 4.04. The van der Waals surface area contributed by atoms with Crippen LogP contribution in [-0.2, 0) is 11.2 Å². The lowest BCUT2D eigenvalue weighted by Crippen LogP contribution is -2.08. The van der Waals surface area contributed by atoms with Crippen LogP contribution in [0.4, 0.5) is 14.6 Å². The second kappa shape index (κ2) is 5.29. The quantitative estimate of drug-likeness (QED) is 0.506. The van der Waals surface area contributed by atoms with E-state index in [9.17, 15) is 23.7 Å². The average Bonchev–Trinajstić information content (AvgIpc) is 2.19.